The summed E-state index contributed by atoms with van der Waals surface area (Å²) in [6, 6.07) is 10.5. The Labute approximate surface area is 146 Å². The summed E-state index contributed by atoms with van der Waals surface area (Å²) < 4.78 is 5.18. The second-order valence-electron chi connectivity index (χ2n) is 6.33. The van der Waals surface area contributed by atoms with E-state index in [9.17, 15) is 14.4 Å². The molecule has 2 aromatic carbocycles. The highest BCUT2D eigenvalue weighted by Crippen LogP contribution is 2.32. The molecule has 2 aromatic rings. The van der Waals surface area contributed by atoms with Crippen molar-refractivity contribution in [2.45, 2.75) is 26.7 Å². The number of nitrogens with one attached hydrogen (secondary N) is 1. The molecule has 3 rings (SSSR count). The molecule has 1 aliphatic heterocycles. The first-order chi connectivity index (χ1) is 11.9. The van der Waals surface area contributed by atoms with Crippen LogP contribution in [-0.4, -0.2) is 24.3 Å². The van der Waals surface area contributed by atoms with E-state index in [1.807, 2.05) is 26.0 Å². The second-order valence-corrected chi connectivity index (χ2v) is 6.33. The van der Waals surface area contributed by atoms with E-state index < -0.39 is 5.97 Å². The highest BCUT2D eigenvalue weighted by atomic mass is 16.5. The molecule has 0 unspecified atom stereocenters. The van der Waals surface area contributed by atoms with Crippen LogP contribution < -0.4 is 5.32 Å². The van der Waals surface area contributed by atoms with E-state index in [-0.39, 0.29) is 24.2 Å². The molecule has 0 aromatic heterocycles. The lowest BCUT2D eigenvalue weighted by Gasteiger charge is -2.09. The minimum absolute atomic E-state index is 0.0825. The van der Waals surface area contributed by atoms with Gasteiger partial charge in [0.15, 0.2) is 12.4 Å². The summed E-state index contributed by atoms with van der Waals surface area (Å²) in [5, 5.41) is 2.76. The Hall–Kier alpha value is -2.95. The first kappa shape index (κ1) is 16.9. The molecule has 1 amide bonds. The number of ketones is 1. The number of ether oxygens (including phenoxy) is 1. The predicted molar refractivity (Wildman–Crippen MR) is 94.0 cm³/mol. The SMILES string of the molecule is Cc1ccc(C)c(C(=O)OCC(=O)c2ccc3c(c2)[C@H](C)C(=O)N3)c1. The van der Waals surface area contributed by atoms with Gasteiger partial charge in [-0.25, -0.2) is 4.79 Å². The predicted octanol–water partition coefficient (Wildman–Crippen LogP) is 3.40. The summed E-state index contributed by atoms with van der Waals surface area (Å²) in [5.41, 5.74) is 4.16. The van der Waals surface area contributed by atoms with Crippen LogP contribution in [0, 0.1) is 13.8 Å². The average Bonchev–Trinajstić information content (AvgIpc) is 2.88. The number of carbonyl (C=O) groups excluding carboxylic acids is 3. The van der Waals surface area contributed by atoms with Crippen molar-refractivity contribution < 1.29 is 19.1 Å². The number of anilines is 1. The highest BCUT2D eigenvalue weighted by molar-refractivity contribution is 6.05. The third-order valence-corrected chi connectivity index (χ3v) is 4.44. The summed E-state index contributed by atoms with van der Waals surface area (Å²) >= 11 is 0. The Morgan fingerprint density at radius 2 is 1.88 bits per heavy atom. The number of amides is 1. The molecule has 1 N–H and O–H groups in total. The van der Waals surface area contributed by atoms with Crippen molar-refractivity contribution in [2.75, 3.05) is 11.9 Å². The fourth-order valence-corrected chi connectivity index (χ4v) is 2.84. The van der Waals surface area contributed by atoms with Gasteiger partial charge in [0.25, 0.3) is 0 Å². The van der Waals surface area contributed by atoms with Gasteiger partial charge >= 0.3 is 5.97 Å². The van der Waals surface area contributed by atoms with Gasteiger partial charge in [0, 0.05) is 11.3 Å². The van der Waals surface area contributed by atoms with E-state index in [0.29, 0.717) is 11.1 Å². The van der Waals surface area contributed by atoms with Crippen LogP contribution in [0.2, 0.25) is 0 Å². The van der Waals surface area contributed by atoms with Crippen LogP contribution in [-0.2, 0) is 9.53 Å². The number of fused-ring (bicyclic) bond motifs is 1. The summed E-state index contributed by atoms with van der Waals surface area (Å²) in [7, 11) is 0. The zero-order valence-corrected chi connectivity index (χ0v) is 14.4. The van der Waals surface area contributed by atoms with Gasteiger partial charge in [0.2, 0.25) is 5.91 Å². The molecular weight excluding hydrogens is 318 g/mol. The normalized spacial score (nSPS) is 15.5. The first-order valence-electron chi connectivity index (χ1n) is 8.09. The molecule has 0 bridgehead atoms. The van der Waals surface area contributed by atoms with Crippen LogP contribution in [0.3, 0.4) is 0 Å². The van der Waals surface area contributed by atoms with Gasteiger partial charge in [-0.3, -0.25) is 9.59 Å². The third-order valence-electron chi connectivity index (χ3n) is 4.44. The lowest BCUT2D eigenvalue weighted by molar-refractivity contribution is -0.116. The highest BCUT2D eigenvalue weighted by Gasteiger charge is 2.27. The Balaban J connectivity index is 1.70. The van der Waals surface area contributed by atoms with Gasteiger partial charge < -0.3 is 10.1 Å². The molecule has 0 saturated carbocycles. The number of hydrogen-bond acceptors (Lipinski definition) is 4. The maximum Gasteiger partial charge on any atom is 0.338 e. The van der Waals surface area contributed by atoms with Crippen LogP contribution in [0.1, 0.15) is 50.2 Å². The number of hydrogen-bond donors (Lipinski definition) is 1. The molecule has 128 valence electrons. The summed E-state index contributed by atoms with van der Waals surface area (Å²) in [5.74, 6) is -1.19. The molecule has 0 fully saturated rings. The molecule has 0 aliphatic carbocycles. The summed E-state index contributed by atoms with van der Waals surface area (Å²) in [4.78, 5) is 36.2. The number of aryl methyl sites for hydroxylation is 2. The molecule has 1 atom stereocenters. The van der Waals surface area contributed by atoms with Crippen LogP contribution in [0.25, 0.3) is 0 Å². The Kier molecular flexibility index (Phi) is 4.40. The smallest absolute Gasteiger partial charge is 0.338 e. The van der Waals surface area contributed by atoms with Crippen LogP contribution in [0.4, 0.5) is 5.69 Å². The van der Waals surface area contributed by atoms with Crippen molar-refractivity contribution in [1.29, 1.82) is 0 Å². The summed E-state index contributed by atoms with van der Waals surface area (Å²) in [6.45, 7) is 5.17. The van der Waals surface area contributed by atoms with E-state index >= 15 is 0 Å². The van der Waals surface area contributed by atoms with E-state index in [1.54, 1.807) is 31.2 Å². The van der Waals surface area contributed by atoms with Gasteiger partial charge in [-0.1, -0.05) is 17.7 Å². The Bertz CT molecular complexity index is 885. The fraction of sp³-hybridized carbons (Fsp3) is 0.250. The molecule has 0 spiro atoms. The minimum Gasteiger partial charge on any atom is -0.454 e. The number of Topliss-reactive ketones (excluding diaryl/α,β-unsaturated/α-hetero) is 1. The van der Waals surface area contributed by atoms with E-state index in [4.69, 9.17) is 4.74 Å². The van der Waals surface area contributed by atoms with Crippen LogP contribution in [0.15, 0.2) is 36.4 Å². The van der Waals surface area contributed by atoms with E-state index in [2.05, 4.69) is 5.32 Å². The van der Waals surface area contributed by atoms with Crippen molar-refractivity contribution in [2.24, 2.45) is 0 Å². The quantitative estimate of drug-likeness (QED) is 0.685. The second kappa shape index (κ2) is 6.51. The average molecular weight is 337 g/mol. The zero-order valence-electron chi connectivity index (χ0n) is 14.4. The van der Waals surface area contributed by atoms with Crippen molar-refractivity contribution in [3.05, 3.63) is 64.2 Å². The first-order valence-corrected chi connectivity index (χ1v) is 8.09. The standard InChI is InChI=1S/C20H19NO4/c1-11-4-5-12(2)15(8-11)20(24)25-10-18(22)14-6-7-17-16(9-14)13(3)19(23)21-17/h4-9,13H,10H2,1-3H3,(H,21,23)/t13-/m0/s1. The summed E-state index contributed by atoms with van der Waals surface area (Å²) in [6.07, 6.45) is 0. The Morgan fingerprint density at radius 1 is 1.12 bits per heavy atom. The number of esters is 1. The number of rotatable bonds is 4. The van der Waals surface area contributed by atoms with Gasteiger partial charge in [0.1, 0.15) is 0 Å². The van der Waals surface area contributed by atoms with Gasteiger partial charge in [0.05, 0.1) is 11.5 Å². The largest absolute Gasteiger partial charge is 0.454 e. The van der Waals surface area contributed by atoms with Gasteiger partial charge in [-0.15, -0.1) is 0 Å². The molecule has 0 saturated heterocycles. The minimum atomic E-state index is -0.513. The molecule has 0 radical (unpaired) electrons. The fourth-order valence-electron chi connectivity index (χ4n) is 2.84. The molecular formula is C20H19NO4. The third kappa shape index (κ3) is 3.31. The lowest BCUT2D eigenvalue weighted by Crippen LogP contribution is -2.15. The lowest BCUT2D eigenvalue weighted by atomic mass is 9.99. The monoisotopic (exact) mass is 337 g/mol. The number of benzene rings is 2. The molecule has 1 heterocycles. The van der Waals surface area contributed by atoms with Crippen molar-refractivity contribution >= 4 is 23.3 Å². The van der Waals surface area contributed by atoms with E-state index in [0.717, 1.165) is 22.4 Å². The van der Waals surface area contributed by atoms with Crippen molar-refractivity contribution in [1.82, 2.24) is 0 Å². The maximum atomic E-state index is 12.3. The van der Waals surface area contributed by atoms with Crippen LogP contribution in [0.5, 0.6) is 0 Å². The molecule has 1 aliphatic rings. The molecule has 5 heteroatoms. The molecule has 25 heavy (non-hydrogen) atoms. The van der Waals surface area contributed by atoms with Gasteiger partial charge in [-0.05, 0) is 56.2 Å². The van der Waals surface area contributed by atoms with Crippen molar-refractivity contribution in [3.8, 4) is 0 Å². The van der Waals surface area contributed by atoms with Crippen molar-refractivity contribution in [3.63, 3.8) is 0 Å². The van der Waals surface area contributed by atoms with Crippen LogP contribution >= 0.6 is 0 Å². The molecule has 5 nitrogen and oxygen atoms in total. The van der Waals surface area contributed by atoms with Gasteiger partial charge in [-0.2, -0.15) is 0 Å². The maximum absolute atomic E-state index is 12.3. The van der Waals surface area contributed by atoms with E-state index in [1.165, 1.54) is 0 Å². The topological polar surface area (TPSA) is 72.5 Å². The Morgan fingerprint density at radius 3 is 2.64 bits per heavy atom. The zero-order chi connectivity index (χ0) is 18.1. The number of carbonyl (C=O) groups is 3.